The van der Waals surface area contributed by atoms with E-state index in [2.05, 4.69) is 4.90 Å². The van der Waals surface area contributed by atoms with Crippen LogP contribution in [0, 0.1) is 16.2 Å². The van der Waals surface area contributed by atoms with Gasteiger partial charge in [-0.15, -0.1) is 0 Å². The van der Waals surface area contributed by atoms with Crippen molar-refractivity contribution in [3.05, 3.63) is 24.3 Å². The maximum atomic E-state index is 13.5. The Balaban J connectivity index is 1.51. The van der Waals surface area contributed by atoms with Crippen LogP contribution in [-0.2, 0) is 14.4 Å². The minimum absolute atomic E-state index is 0.147. The van der Waals surface area contributed by atoms with Gasteiger partial charge in [-0.05, 0) is 42.5 Å². The van der Waals surface area contributed by atoms with E-state index in [1.165, 1.54) is 0 Å². The number of rotatable bonds is 3. The number of methoxy groups -OCH3 is 1. The number of ether oxygens (including phenoxy) is 1. The molecule has 28 heavy (non-hydrogen) atoms. The molecule has 2 atom stereocenters. The van der Waals surface area contributed by atoms with Crippen LogP contribution >= 0.6 is 0 Å². The first-order valence-corrected chi connectivity index (χ1v) is 9.97. The molecular weight excluding hydrogens is 356 g/mol. The standard InChI is InChI=1S/C22H28N2O4/c1-20(2)21(3)9-10-22(20,18(26)17(21)25)19(27)24-13-11-23(12-14-24)15-5-7-16(28-4)8-6-15/h5-8H,9-14H2,1-4H3. The minimum atomic E-state index is -1.18. The van der Waals surface area contributed by atoms with Crippen LogP contribution in [-0.4, -0.2) is 55.7 Å². The predicted molar refractivity (Wildman–Crippen MR) is 105 cm³/mol. The number of nitrogens with zero attached hydrogens (tertiary/aromatic N) is 2. The third-order valence-electron chi connectivity index (χ3n) is 7.91. The summed E-state index contributed by atoms with van der Waals surface area (Å²) < 4.78 is 5.20. The van der Waals surface area contributed by atoms with Gasteiger partial charge >= 0.3 is 0 Å². The van der Waals surface area contributed by atoms with Gasteiger partial charge in [0, 0.05) is 37.3 Å². The van der Waals surface area contributed by atoms with Gasteiger partial charge in [-0.25, -0.2) is 0 Å². The first-order valence-electron chi connectivity index (χ1n) is 9.97. The van der Waals surface area contributed by atoms with Crippen molar-refractivity contribution >= 4 is 23.2 Å². The molecule has 1 aromatic carbocycles. The summed E-state index contributed by atoms with van der Waals surface area (Å²) in [5.74, 6) is -0.151. The quantitative estimate of drug-likeness (QED) is 0.591. The van der Waals surface area contributed by atoms with Gasteiger partial charge < -0.3 is 14.5 Å². The molecule has 6 nitrogen and oxygen atoms in total. The van der Waals surface area contributed by atoms with Gasteiger partial charge in [0.15, 0.2) is 0 Å². The summed E-state index contributed by atoms with van der Waals surface area (Å²) in [5, 5.41) is 0. The van der Waals surface area contributed by atoms with E-state index in [1.54, 1.807) is 12.0 Å². The minimum Gasteiger partial charge on any atom is -0.497 e. The van der Waals surface area contributed by atoms with E-state index in [0.29, 0.717) is 39.0 Å². The van der Waals surface area contributed by atoms with Crippen LogP contribution in [0.15, 0.2) is 24.3 Å². The highest BCUT2D eigenvalue weighted by molar-refractivity contribution is 6.48. The van der Waals surface area contributed by atoms with Crippen LogP contribution in [0.3, 0.4) is 0 Å². The number of carbonyl (C=O) groups excluding carboxylic acids is 3. The third kappa shape index (κ3) is 2.17. The number of piperazine rings is 1. The summed E-state index contributed by atoms with van der Waals surface area (Å²) in [6, 6.07) is 7.88. The number of benzene rings is 1. The van der Waals surface area contributed by atoms with Crippen molar-refractivity contribution in [3.63, 3.8) is 0 Å². The Morgan fingerprint density at radius 2 is 1.54 bits per heavy atom. The Kier molecular flexibility index (Phi) is 4.11. The molecule has 2 unspecified atom stereocenters. The van der Waals surface area contributed by atoms with Crippen molar-refractivity contribution in [2.45, 2.75) is 33.6 Å². The topological polar surface area (TPSA) is 66.9 Å². The fourth-order valence-corrected chi connectivity index (χ4v) is 5.47. The molecule has 150 valence electrons. The molecule has 6 heteroatoms. The SMILES string of the molecule is COc1ccc(N2CCN(C(=O)C34CCC(C)(C(=O)C3=O)C4(C)C)CC2)cc1. The fraction of sp³-hybridized carbons (Fsp3) is 0.591. The van der Waals surface area contributed by atoms with E-state index >= 15 is 0 Å². The molecule has 3 aliphatic rings. The second-order valence-electron chi connectivity index (χ2n) is 9.00. The molecule has 3 fully saturated rings. The second kappa shape index (κ2) is 6.06. The average molecular weight is 384 g/mol. The lowest BCUT2D eigenvalue weighted by Gasteiger charge is -2.43. The molecule has 2 saturated carbocycles. The molecule has 2 bridgehead atoms. The van der Waals surface area contributed by atoms with E-state index in [0.717, 1.165) is 11.4 Å². The monoisotopic (exact) mass is 384 g/mol. The molecule has 0 radical (unpaired) electrons. The Hall–Kier alpha value is -2.37. The van der Waals surface area contributed by atoms with Gasteiger partial charge in [0.2, 0.25) is 17.5 Å². The van der Waals surface area contributed by atoms with Crippen LogP contribution in [0.25, 0.3) is 0 Å². The number of anilines is 1. The molecule has 1 amide bonds. The number of hydrogen-bond acceptors (Lipinski definition) is 5. The fourth-order valence-electron chi connectivity index (χ4n) is 5.47. The van der Waals surface area contributed by atoms with Crippen LogP contribution in [0.5, 0.6) is 5.75 Å². The Morgan fingerprint density at radius 3 is 2.04 bits per heavy atom. The molecule has 1 saturated heterocycles. The smallest absolute Gasteiger partial charge is 0.237 e. The molecule has 1 aliphatic heterocycles. The zero-order valence-corrected chi connectivity index (χ0v) is 17.1. The molecule has 0 spiro atoms. The first kappa shape index (κ1) is 19.0. The van der Waals surface area contributed by atoms with Crippen LogP contribution in [0.4, 0.5) is 5.69 Å². The highest BCUT2D eigenvalue weighted by Crippen LogP contribution is 2.69. The van der Waals surface area contributed by atoms with E-state index in [-0.39, 0.29) is 11.7 Å². The maximum absolute atomic E-state index is 13.5. The second-order valence-corrected chi connectivity index (χ2v) is 9.00. The van der Waals surface area contributed by atoms with Gasteiger partial charge in [-0.3, -0.25) is 14.4 Å². The third-order valence-corrected chi connectivity index (χ3v) is 7.91. The van der Waals surface area contributed by atoms with Crippen LogP contribution in [0.1, 0.15) is 33.6 Å². The van der Waals surface area contributed by atoms with Crippen molar-refractivity contribution in [1.82, 2.24) is 4.90 Å². The number of amides is 1. The normalized spacial score (nSPS) is 31.4. The average Bonchev–Trinajstić information content (AvgIpc) is 2.99. The Morgan fingerprint density at radius 1 is 0.929 bits per heavy atom. The maximum Gasteiger partial charge on any atom is 0.237 e. The summed E-state index contributed by atoms with van der Waals surface area (Å²) in [4.78, 5) is 43.1. The molecule has 4 rings (SSSR count). The lowest BCUT2D eigenvalue weighted by atomic mass is 9.64. The summed E-state index contributed by atoms with van der Waals surface area (Å²) in [6.45, 7) is 8.23. The van der Waals surface area contributed by atoms with Crippen molar-refractivity contribution in [1.29, 1.82) is 0 Å². The van der Waals surface area contributed by atoms with E-state index in [1.807, 2.05) is 45.0 Å². The number of hydrogen-bond donors (Lipinski definition) is 0. The summed E-state index contributed by atoms with van der Waals surface area (Å²) in [7, 11) is 1.64. The lowest BCUT2D eigenvalue weighted by Crippen LogP contribution is -2.57. The zero-order chi connectivity index (χ0) is 20.3. The highest BCUT2D eigenvalue weighted by atomic mass is 16.5. The molecule has 1 heterocycles. The van der Waals surface area contributed by atoms with Crippen LogP contribution < -0.4 is 9.64 Å². The first-order chi connectivity index (χ1) is 13.2. The van der Waals surface area contributed by atoms with Crippen molar-refractivity contribution in [2.24, 2.45) is 16.2 Å². The summed E-state index contributed by atoms with van der Waals surface area (Å²) >= 11 is 0. The number of ketones is 2. The van der Waals surface area contributed by atoms with E-state index in [4.69, 9.17) is 4.74 Å². The largest absolute Gasteiger partial charge is 0.497 e. The van der Waals surface area contributed by atoms with Crippen molar-refractivity contribution < 1.29 is 19.1 Å². The molecular formula is C22H28N2O4. The van der Waals surface area contributed by atoms with Crippen LogP contribution in [0.2, 0.25) is 0 Å². The van der Waals surface area contributed by atoms with Gasteiger partial charge in [-0.1, -0.05) is 20.8 Å². The number of Topliss-reactive ketones (excluding diaryl/α,β-unsaturated/α-hetero) is 2. The van der Waals surface area contributed by atoms with Crippen molar-refractivity contribution in [3.8, 4) is 5.75 Å². The summed E-state index contributed by atoms with van der Waals surface area (Å²) in [5.41, 5.74) is -1.45. The van der Waals surface area contributed by atoms with Gasteiger partial charge in [0.25, 0.3) is 0 Å². The number of fused-ring (bicyclic) bond motifs is 2. The highest BCUT2D eigenvalue weighted by Gasteiger charge is 2.78. The molecule has 0 N–H and O–H groups in total. The van der Waals surface area contributed by atoms with Gasteiger partial charge in [0.1, 0.15) is 11.2 Å². The molecule has 1 aromatic rings. The molecule has 2 aliphatic carbocycles. The van der Waals surface area contributed by atoms with Crippen molar-refractivity contribution in [2.75, 3.05) is 38.2 Å². The lowest BCUT2D eigenvalue weighted by molar-refractivity contribution is -0.155. The Labute approximate surface area is 165 Å². The van der Waals surface area contributed by atoms with E-state index < -0.39 is 22.0 Å². The van der Waals surface area contributed by atoms with Gasteiger partial charge in [0.05, 0.1) is 7.11 Å². The zero-order valence-electron chi connectivity index (χ0n) is 17.1. The number of carbonyl (C=O) groups is 3. The van der Waals surface area contributed by atoms with E-state index in [9.17, 15) is 14.4 Å². The predicted octanol–water partition coefficient (Wildman–Crippen LogP) is 2.31. The Bertz CT molecular complexity index is 839. The van der Waals surface area contributed by atoms with Gasteiger partial charge in [-0.2, -0.15) is 0 Å². The summed E-state index contributed by atoms with van der Waals surface area (Å²) in [6.07, 6.45) is 1.10. The molecule has 0 aromatic heterocycles.